The topological polar surface area (TPSA) is 108 Å². The number of nitrogens with zero attached hydrogens (tertiary/aromatic N) is 1. The third-order valence-corrected chi connectivity index (χ3v) is 5.64. The molecule has 186 valence electrons. The highest BCUT2D eigenvalue weighted by atomic mass is 35.5. The summed E-state index contributed by atoms with van der Waals surface area (Å²) in [6, 6.07) is 13.4. The lowest BCUT2D eigenvalue weighted by molar-refractivity contribution is -0.201. The normalized spacial score (nSPS) is 15.3. The average molecular weight is 501 g/mol. The number of nitrogens with one attached hydrogen (secondary N) is 2. The molecule has 2 aromatic carbocycles. The Kier molecular flexibility index (Phi) is 9.72. The number of urea groups is 1. The predicted octanol–water partition coefficient (Wildman–Crippen LogP) is 3.63. The van der Waals surface area contributed by atoms with Crippen molar-refractivity contribution in [2.75, 3.05) is 25.0 Å². The Labute approximate surface area is 201 Å². The Morgan fingerprint density at radius 2 is 1.79 bits per heavy atom. The van der Waals surface area contributed by atoms with Gasteiger partial charge in [-0.25, -0.2) is 4.79 Å². The molecule has 1 aliphatic rings. The zero-order valence-corrected chi connectivity index (χ0v) is 19.2. The molecule has 11 heteroatoms. The molecule has 1 heterocycles. The molecule has 0 aromatic heterocycles. The number of piperidine rings is 1. The van der Waals surface area contributed by atoms with Gasteiger partial charge in [-0.1, -0.05) is 30.3 Å². The molecule has 1 atom stereocenters. The molecule has 0 aliphatic carbocycles. The summed E-state index contributed by atoms with van der Waals surface area (Å²) in [5.74, 6) is 0.171. The third-order valence-electron chi connectivity index (χ3n) is 5.64. The summed E-state index contributed by atoms with van der Waals surface area (Å²) in [5, 5.41) is 13.3. The molecule has 1 saturated heterocycles. The second-order valence-corrected chi connectivity index (χ2v) is 7.99. The Bertz CT molecular complexity index is 982. The number of carbonyl (C=O) groups excluding carboxylic acids is 2. The van der Waals surface area contributed by atoms with E-state index in [4.69, 9.17) is 10.8 Å². The van der Waals surface area contributed by atoms with E-state index < -0.39 is 24.9 Å². The van der Waals surface area contributed by atoms with E-state index in [-0.39, 0.29) is 24.0 Å². The molecule has 34 heavy (non-hydrogen) atoms. The quantitative estimate of drug-likeness (QED) is 0.485. The number of carbonyl (C=O) groups is 2. The maximum atomic E-state index is 12.9. The van der Waals surface area contributed by atoms with Crippen LogP contribution in [0.5, 0.6) is 0 Å². The van der Waals surface area contributed by atoms with E-state index in [2.05, 4.69) is 17.4 Å². The molecule has 5 N–H and O–H groups in total. The van der Waals surface area contributed by atoms with Gasteiger partial charge in [0.05, 0.1) is 6.54 Å². The number of alkyl halides is 3. The molecule has 3 amide bonds. The number of benzene rings is 2. The lowest BCUT2D eigenvalue weighted by atomic mass is 9.88. The first-order valence-corrected chi connectivity index (χ1v) is 10.6. The molecule has 7 nitrogen and oxygen atoms in total. The van der Waals surface area contributed by atoms with Crippen LogP contribution in [0.2, 0.25) is 0 Å². The molecular weight excluding hydrogens is 473 g/mol. The van der Waals surface area contributed by atoms with Gasteiger partial charge in [0.2, 0.25) is 0 Å². The van der Waals surface area contributed by atoms with Crippen molar-refractivity contribution < 1.29 is 27.9 Å². The number of likely N-dealkylation sites (tertiary alicyclic amines) is 1. The summed E-state index contributed by atoms with van der Waals surface area (Å²) in [6.45, 7) is 0.682. The van der Waals surface area contributed by atoms with Gasteiger partial charge in [0.1, 0.15) is 0 Å². The number of nitrogens with two attached hydrogens (primary N) is 1. The first-order chi connectivity index (χ1) is 15.7. The van der Waals surface area contributed by atoms with Gasteiger partial charge in [-0.15, -0.1) is 12.4 Å². The number of amides is 3. The van der Waals surface area contributed by atoms with Gasteiger partial charge in [0.25, 0.3) is 5.91 Å². The number of hydrogen-bond donors (Lipinski definition) is 4. The summed E-state index contributed by atoms with van der Waals surface area (Å²) >= 11 is 0. The molecule has 1 fully saturated rings. The van der Waals surface area contributed by atoms with Gasteiger partial charge >= 0.3 is 12.2 Å². The summed E-state index contributed by atoms with van der Waals surface area (Å²) in [4.78, 5) is 26.5. The van der Waals surface area contributed by atoms with E-state index in [1.807, 2.05) is 17.4 Å². The lowest BCUT2D eigenvalue weighted by Crippen LogP contribution is -2.42. The predicted molar refractivity (Wildman–Crippen MR) is 125 cm³/mol. The van der Waals surface area contributed by atoms with Crippen LogP contribution in [-0.4, -0.2) is 53.9 Å². The first-order valence-electron chi connectivity index (χ1n) is 10.6. The molecular formula is C23H28ClF3N4O3. The number of hydrogen-bond acceptors (Lipinski definition) is 4. The van der Waals surface area contributed by atoms with Crippen molar-refractivity contribution in [2.24, 2.45) is 5.73 Å². The smallest absolute Gasteiger partial charge is 0.382 e. The number of aliphatic hydroxyl groups excluding tert-OH is 1. The molecule has 1 aliphatic heterocycles. The van der Waals surface area contributed by atoms with Crippen molar-refractivity contribution in [3.05, 3.63) is 65.2 Å². The maximum absolute atomic E-state index is 12.9. The third kappa shape index (κ3) is 7.34. The minimum absolute atomic E-state index is 0. The van der Waals surface area contributed by atoms with Crippen LogP contribution in [0.25, 0.3) is 0 Å². The minimum atomic E-state index is -4.82. The van der Waals surface area contributed by atoms with E-state index in [9.17, 15) is 22.8 Å². The van der Waals surface area contributed by atoms with E-state index >= 15 is 0 Å². The van der Waals surface area contributed by atoms with E-state index in [0.29, 0.717) is 31.1 Å². The Morgan fingerprint density at radius 1 is 1.12 bits per heavy atom. The highest BCUT2D eigenvalue weighted by Gasteiger charge is 2.38. The van der Waals surface area contributed by atoms with Crippen LogP contribution in [0.3, 0.4) is 0 Å². The van der Waals surface area contributed by atoms with Crippen LogP contribution < -0.4 is 16.4 Å². The monoisotopic (exact) mass is 500 g/mol. The standard InChI is InChI=1S/C23H27F3N4O3.ClH/c24-23(25,26)20(31)14-28-22(33)29-19-6-2-5-18(12-19)21(32)30-9-7-16(8-10-30)17-4-1-3-15(11-17)13-27;/h1-6,11-12,16,20,31H,7-10,13-14,27H2,(H2,28,29,33);1H. The van der Waals surface area contributed by atoms with Crippen molar-refractivity contribution >= 4 is 30.0 Å². The average Bonchev–Trinajstić information content (AvgIpc) is 2.81. The van der Waals surface area contributed by atoms with Gasteiger partial charge in [0.15, 0.2) is 6.10 Å². The number of halogens is 4. The molecule has 0 bridgehead atoms. The Morgan fingerprint density at radius 3 is 2.44 bits per heavy atom. The summed E-state index contributed by atoms with van der Waals surface area (Å²) < 4.78 is 37.0. The number of aliphatic hydroxyl groups is 1. The fourth-order valence-electron chi connectivity index (χ4n) is 3.78. The lowest BCUT2D eigenvalue weighted by Gasteiger charge is -2.32. The summed E-state index contributed by atoms with van der Waals surface area (Å²) in [5.41, 5.74) is 8.65. The van der Waals surface area contributed by atoms with Crippen LogP contribution in [0.1, 0.15) is 40.2 Å². The van der Waals surface area contributed by atoms with Gasteiger partial charge in [-0.2, -0.15) is 13.2 Å². The van der Waals surface area contributed by atoms with Crippen LogP contribution in [0.15, 0.2) is 48.5 Å². The zero-order valence-electron chi connectivity index (χ0n) is 18.3. The molecule has 1 unspecified atom stereocenters. The van der Waals surface area contributed by atoms with Gasteiger partial charge in [0, 0.05) is 30.9 Å². The summed E-state index contributed by atoms with van der Waals surface area (Å²) in [7, 11) is 0. The van der Waals surface area contributed by atoms with E-state index in [0.717, 1.165) is 18.4 Å². The summed E-state index contributed by atoms with van der Waals surface area (Å²) in [6.07, 6.45) is -5.83. The van der Waals surface area contributed by atoms with Crippen LogP contribution >= 0.6 is 12.4 Å². The minimum Gasteiger partial charge on any atom is -0.382 e. The van der Waals surface area contributed by atoms with Crippen molar-refractivity contribution in [3.63, 3.8) is 0 Å². The highest BCUT2D eigenvalue weighted by Crippen LogP contribution is 2.29. The van der Waals surface area contributed by atoms with E-state index in [1.165, 1.54) is 17.7 Å². The zero-order chi connectivity index (χ0) is 24.0. The second-order valence-electron chi connectivity index (χ2n) is 7.99. The SMILES string of the molecule is Cl.NCc1cccc(C2CCN(C(=O)c3cccc(NC(=O)NCC(O)C(F)(F)F)c3)CC2)c1. The maximum Gasteiger partial charge on any atom is 0.416 e. The first kappa shape index (κ1) is 27.4. The van der Waals surface area contributed by atoms with Crippen molar-refractivity contribution in [1.29, 1.82) is 0 Å². The fraction of sp³-hybridized carbons (Fsp3) is 0.391. The Hall–Kier alpha value is -2.82. The van der Waals surface area contributed by atoms with Crippen LogP contribution in [0, 0.1) is 0 Å². The van der Waals surface area contributed by atoms with Gasteiger partial charge < -0.3 is 26.4 Å². The number of rotatable bonds is 6. The van der Waals surface area contributed by atoms with Crippen LogP contribution in [0.4, 0.5) is 23.7 Å². The number of anilines is 1. The fourth-order valence-corrected chi connectivity index (χ4v) is 3.78. The van der Waals surface area contributed by atoms with Crippen molar-refractivity contribution in [2.45, 2.75) is 37.6 Å². The molecule has 3 rings (SSSR count). The largest absolute Gasteiger partial charge is 0.416 e. The van der Waals surface area contributed by atoms with Crippen molar-refractivity contribution in [1.82, 2.24) is 10.2 Å². The molecule has 0 radical (unpaired) electrons. The van der Waals surface area contributed by atoms with Crippen LogP contribution in [-0.2, 0) is 6.54 Å². The van der Waals surface area contributed by atoms with Crippen molar-refractivity contribution in [3.8, 4) is 0 Å². The highest BCUT2D eigenvalue weighted by molar-refractivity contribution is 5.97. The van der Waals surface area contributed by atoms with Gasteiger partial charge in [-0.05, 0) is 48.1 Å². The molecule has 0 saturated carbocycles. The molecule has 2 aromatic rings. The molecule has 0 spiro atoms. The Balaban J connectivity index is 0.00000408. The van der Waals surface area contributed by atoms with Gasteiger partial charge in [-0.3, -0.25) is 4.79 Å². The second kappa shape index (κ2) is 12.0. The van der Waals surface area contributed by atoms with E-state index in [1.54, 1.807) is 17.0 Å².